The van der Waals surface area contributed by atoms with Crippen LogP contribution in [0.1, 0.15) is 35.3 Å². The number of hydrogen-bond acceptors (Lipinski definition) is 3. The fourth-order valence-electron chi connectivity index (χ4n) is 3.08. The van der Waals surface area contributed by atoms with Crippen LogP contribution in [0, 0.1) is 12.8 Å². The number of carbonyl (C=O) groups is 3. The van der Waals surface area contributed by atoms with Gasteiger partial charge in [-0.05, 0) is 37.1 Å². The molecule has 0 unspecified atom stereocenters. The number of hydrogen-bond donors (Lipinski definition) is 2. The molecule has 0 aliphatic carbocycles. The van der Waals surface area contributed by atoms with Gasteiger partial charge in [0, 0.05) is 12.6 Å². The van der Waals surface area contributed by atoms with Crippen molar-refractivity contribution in [3.8, 4) is 0 Å². The Hall–Kier alpha value is -3.36. The predicted octanol–water partition coefficient (Wildman–Crippen LogP) is 3.87. The van der Waals surface area contributed by atoms with Crippen LogP contribution in [-0.4, -0.2) is 42.3 Å². The Morgan fingerprint density at radius 3 is 2.28 bits per heavy atom. The van der Waals surface area contributed by atoms with Gasteiger partial charge in [0.2, 0.25) is 11.8 Å². The summed E-state index contributed by atoms with van der Waals surface area (Å²) in [4.78, 5) is 38.8. The quantitative estimate of drug-likeness (QED) is 0.674. The van der Waals surface area contributed by atoms with Crippen LogP contribution in [0.25, 0.3) is 0 Å². The number of alkyl halides is 3. The first-order valence-electron chi connectivity index (χ1n) is 9.98. The van der Waals surface area contributed by atoms with E-state index in [2.05, 4.69) is 10.6 Å². The lowest BCUT2D eigenvalue weighted by molar-refractivity contribution is -0.137. The highest BCUT2D eigenvalue weighted by molar-refractivity contribution is 5.99. The molecule has 0 fully saturated rings. The van der Waals surface area contributed by atoms with Gasteiger partial charge in [-0.3, -0.25) is 14.4 Å². The zero-order chi connectivity index (χ0) is 24.1. The molecule has 0 spiro atoms. The average Bonchev–Trinajstić information content (AvgIpc) is 2.70. The summed E-state index contributed by atoms with van der Waals surface area (Å²) in [6.45, 7) is 4.85. The zero-order valence-corrected chi connectivity index (χ0v) is 18.3. The molecule has 0 aliphatic heterocycles. The van der Waals surface area contributed by atoms with Crippen LogP contribution < -0.4 is 10.6 Å². The van der Waals surface area contributed by atoms with E-state index < -0.39 is 42.0 Å². The van der Waals surface area contributed by atoms with E-state index in [-0.39, 0.29) is 11.6 Å². The standard InChI is InChI=1S/C23H26F3N3O3/c1-14(2)20(28-21(31)16-9-7-8-15(3)12-16)22(32)29(4)13-19(30)27-18-11-6-5-10-17(18)23(24,25)26/h5-12,14,20H,13H2,1-4H3,(H,27,30)(H,28,31)/t20-/m0/s1. The number of rotatable bonds is 7. The maximum atomic E-state index is 13.1. The third-order valence-corrected chi connectivity index (χ3v) is 4.76. The molecule has 0 radical (unpaired) electrons. The second-order valence-corrected chi connectivity index (χ2v) is 7.85. The lowest BCUT2D eigenvalue weighted by Crippen LogP contribution is -2.51. The lowest BCUT2D eigenvalue weighted by atomic mass is 10.0. The summed E-state index contributed by atoms with van der Waals surface area (Å²) < 4.78 is 39.3. The first-order valence-corrected chi connectivity index (χ1v) is 9.98. The molecule has 1 atom stereocenters. The van der Waals surface area contributed by atoms with E-state index in [1.165, 1.54) is 19.2 Å². The molecular formula is C23H26F3N3O3. The molecule has 0 saturated carbocycles. The molecular weight excluding hydrogens is 423 g/mol. The largest absolute Gasteiger partial charge is 0.418 e. The number of anilines is 1. The van der Waals surface area contributed by atoms with Crippen molar-refractivity contribution in [2.75, 3.05) is 18.9 Å². The summed E-state index contributed by atoms with van der Waals surface area (Å²) in [6.07, 6.45) is -4.63. The SMILES string of the molecule is Cc1cccc(C(=O)N[C@H](C(=O)N(C)CC(=O)Nc2ccccc2C(F)(F)F)C(C)C)c1. The predicted molar refractivity (Wildman–Crippen MR) is 115 cm³/mol. The number of likely N-dealkylation sites (N-methyl/N-ethyl adjacent to an activating group) is 1. The van der Waals surface area contributed by atoms with E-state index in [1.807, 2.05) is 13.0 Å². The van der Waals surface area contributed by atoms with Crippen LogP contribution in [0.3, 0.4) is 0 Å². The normalized spacial score (nSPS) is 12.2. The summed E-state index contributed by atoms with van der Waals surface area (Å²) in [5, 5.41) is 4.89. The van der Waals surface area contributed by atoms with Crippen molar-refractivity contribution in [3.63, 3.8) is 0 Å². The molecule has 0 heterocycles. The Kier molecular flexibility index (Phi) is 8.02. The molecule has 0 aromatic heterocycles. The van der Waals surface area contributed by atoms with Crippen LogP contribution >= 0.6 is 0 Å². The summed E-state index contributed by atoms with van der Waals surface area (Å²) in [6, 6.07) is 10.6. The van der Waals surface area contributed by atoms with Gasteiger partial charge in [-0.2, -0.15) is 13.2 Å². The van der Waals surface area contributed by atoms with Crippen molar-refractivity contribution in [3.05, 3.63) is 65.2 Å². The number of halogens is 3. The third-order valence-electron chi connectivity index (χ3n) is 4.76. The van der Waals surface area contributed by atoms with Gasteiger partial charge < -0.3 is 15.5 Å². The Morgan fingerprint density at radius 1 is 1.03 bits per heavy atom. The number of benzene rings is 2. The van der Waals surface area contributed by atoms with Crippen LogP contribution in [0.4, 0.5) is 18.9 Å². The molecule has 2 rings (SSSR count). The number of amides is 3. The number of nitrogens with one attached hydrogen (secondary N) is 2. The van der Waals surface area contributed by atoms with E-state index in [4.69, 9.17) is 0 Å². The maximum absolute atomic E-state index is 13.1. The van der Waals surface area contributed by atoms with E-state index in [0.29, 0.717) is 5.56 Å². The molecule has 3 amide bonds. The third kappa shape index (κ3) is 6.57. The van der Waals surface area contributed by atoms with Gasteiger partial charge >= 0.3 is 6.18 Å². The second-order valence-electron chi connectivity index (χ2n) is 7.85. The van der Waals surface area contributed by atoms with Gasteiger partial charge in [-0.15, -0.1) is 0 Å². The Morgan fingerprint density at radius 2 is 1.69 bits per heavy atom. The van der Waals surface area contributed by atoms with Crippen LogP contribution in [0.5, 0.6) is 0 Å². The molecule has 0 bridgehead atoms. The van der Waals surface area contributed by atoms with E-state index in [9.17, 15) is 27.6 Å². The van der Waals surface area contributed by atoms with Crippen molar-refractivity contribution in [1.82, 2.24) is 10.2 Å². The summed E-state index contributed by atoms with van der Waals surface area (Å²) in [5.74, 6) is -2.03. The second kappa shape index (κ2) is 10.3. The van der Waals surface area contributed by atoms with Gasteiger partial charge in [0.15, 0.2) is 0 Å². The smallest absolute Gasteiger partial charge is 0.340 e. The molecule has 0 saturated heterocycles. The van der Waals surface area contributed by atoms with Crippen LogP contribution in [0.2, 0.25) is 0 Å². The summed E-state index contributed by atoms with van der Waals surface area (Å²) >= 11 is 0. The van der Waals surface area contributed by atoms with E-state index in [1.54, 1.807) is 32.0 Å². The highest BCUT2D eigenvalue weighted by atomic mass is 19.4. The molecule has 32 heavy (non-hydrogen) atoms. The van der Waals surface area contributed by atoms with Gasteiger partial charge in [0.05, 0.1) is 17.8 Å². The fourth-order valence-corrected chi connectivity index (χ4v) is 3.08. The Labute approximate surface area is 184 Å². The van der Waals surface area contributed by atoms with E-state index in [0.717, 1.165) is 22.6 Å². The van der Waals surface area contributed by atoms with Crippen molar-refractivity contribution in [2.24, 2.45) is 5.92 Å². The highest BCUT2D eigenvalue weighted by Gasteiger charge is 2.34. The minimum Gasteiger partial charge on any atom is -0.340 e. The first kappa shape index (κ1) is 24.9. The molecule has 9 heteroatoms. The Bertz CT molecular complexity index is 990. The van der Waals surface area contributed by atoms with E-state index >= 15 is 0 Å². The lowest BCUT2D eigenvalue weighted by Gasteiger charge is -2.27. The highest BCUT2D eigenvalue weighted by Crippen LogP contribution is 2.34. The molecule has 172 valence electrons. The molecule has 0 aliphatic rings. The molecule has 2 aromatic rings. The van der Waals surface area contributed by atoms with Crippen molar-refractivity contribution < 1.29 is 27.6 Å². The number of nitrogens with zero attached hydrogens (tertiary/aromatic N) is 1. The number of para-hydroxylation sites is 1. The van der Waals surface area contributed by atoms with Crippen LogP contribution in [0.15, 0.2) is 48.5 Å². The van der Waals surface area contributed by atoms with Crippen molar-refractivity contribution in [2.45, 2.75) is 33.0 Å². The molecule has 2 N–H and O–H groups in total. The zero-order valence-electron chi connectivity index (χ0n) is 18.3. The monoisotopic (exact) mass is 449 g/mol. The summed E-state index contributed by atoms with van der Waals surface area (Å²) in [7, 11) is 1.35. The van der Waals surface area contributed by atoms with Gasteiger partial charge in [-0.1, -0.05) is 43.7 Å². The van der Waals surface area contributed by atoms with Crippen molar-refractivity contribution >= 4 is 23.4 Å². The summed E-state index contributed by atoms with van der Waals surface area (Å²) in [5.41, 5.74) is -0.0857. The number of carbonyl (C=O) groups excluding carboxylic acids is 3. The van der Waals surface area contributed by atoms with Gasteiger partial charge in [0.25, 0.3) is 5.91 Å². The van der Waals surface area contributed by atoms with Gasteiger partial charge in [-0.25, -0.2) is 0 Å². The van der Waals surface area contributed by atoms with Crippen LogP contribution in [-0.2, 0) is 15.8 Å². The molecule has 2 aromatic carbocycles. The minimum atomic E-state index is -4.63. The number of aryl methyl sites for hydroxylation is 1. The van der Waals surface area contributed by atoms with Gasteiger partial charge in [0.1, 0.15) is 6.04 Å². The fraction of sp³-hybridized carbons (Fsp3) is 0.348. The van der Waals surface area contributed by atoms with Crippen molar-refractivity contribution in [1.29, 1.82) is 0 Å². The molecule has 6 nitrogen and oxygen atoms in total. The Balaban J connectivity index is 2.07. The minimum absolute atomic E-state index is 0.285. The average molecular weight is 449 g/mol. The first-order chi connectivity index (χ1) is 14.9. The topological polar surface area (TPSA) is 78.5 Å². The maximum Gasteiger partial charge on any atom is 0.418 e.